The highest BCUT2D eigenvalue weighted by molar-refractivity contribution is 5.13. The maximum absolute atomic E-state index is 12.4. The van der Waals surface area contributed by atoms with Crippen LogP contribution in [0.4, 0.5) is 13.2 Å². The summed E-state index contributed by atoms with van der Waals surface area (Å²) >= 11 is 0. The molecule has 98 valence electrons. The Morgan fingerprint density at radius 1 is 1.47 bits per heavy atom. The summed E-state index contributed by atoms with van der Waals surface area (Å²) in [5.41, 5.74) is -0.409. The smallest absolute Gasteiger partial charge is 0.392 e. The van der Waals surface area contributed by atoms with Gasteiger partial charge in [-0.15, -0.1) is 0 Å². The Labute approximate surface area is 98.3 Å². The highest BCUT2D eigenvalue weighted by atomic mass is 19.4. The zero-order chi connectivity index (χ0) is 12.5. The van der Waals surface area contributed by atoms with Crippen molar-refractivity contribution in [2.45, 2.75) is 31.2 Å². The molecule has 0 aliphatic carbocycles. The van der Waals surface area contributed by atoms with Crippen molar-refractivity contribution in [2.75, 3.05) is 26.2 Å². The molecule has 1 saturated heterocycles. The molecule has 17 heavy (non-hydrogen) atoms. The quantitative estimate of drug-likeness (QED) is 0.715. The molecule has 2 N–H and O–H groups in total. The van der Waals surface area contributed by atoms with Gasteiger partial charge in [-0.1, -0.05) is 6.08 Å². The van der Waals surface area contributed by atoms with Gasteiger partial charge in [0.2, 0.25) is 0 Å². The number of hydrogen-bond acceptors (Lipinski definition) is 3. The molecule has 2 aliphatic heterocycles. The summed E-state index contributed by atoms with van der Waals surface area (Å²) in [5.74, 6) is 0. The average Bonchev–Trinajstić information content (AvgIpc) is 2.63. The number of rotatable bonds is 2. The van der Waals surface area contributed by atoms with Crippen LogP contribution in [0.15, 0.2) is 11.6 Å². The molecule has 0 saturated carbocycles. The molecular formula is C11H17F3N2O. The Kier molecular flexibility index (Phi) is 3.75. The minimum absolute atomic E-state index is 0.0682. The molecule has 0 bridgehead atoms. The van der Waals surface area contributed by atoms with Crippen molar-refractivity contribution < 1.29 is 18.3 Å². The van der Waals surface area contributed by atoms with Crippen LogP contribution in [0, 0.1) is 0 Å². The second-order valence-electron chi connectivity index (χ2n) is 4.73. The number of nitrogens with one attached hydrogen (secondary N) is 1. The Morgan fingerprint density at radius 3 is 2.71 bits per heavy atom. The van der Waals surface area contributed by atoms with Gasteiger partial charge in [0, 0.05) is 37.8 Å². The summed E-state index contributed by atoms with van der Waals surface area (Å²) < 4.78 is 37.2. The van der Waals surface area contributed by atoms with E-state index >= 15 is 0 Å². The molecule has 0 radical (unpaired) electrons. The van der Waals surface area contributed by atoms with Gasteiger partial charge in [0.15, 0.2) is 0 Å². The fraction of sp³-hybridized carbons (Fsp3) is 0.818. The number of halogens is 3. The van der Waals surface area contributed by atoms with E-state index in [-0.39, 0.29) is 18.6 Å². The summed E-state index contributed by atoms with van der Waals surface area (Å²) in [7, 11) is 0. The van der Waals surface area contributed by atoms with Crippen molar-refractivity contribution in [3.63, 3.8) is 0 Å². The molecule has 2 aliphatic rings. The van der Waals surface area contributed by atoms with Crippen LogP contribution in [0.2, 0.25) is 0 Å². The van der Waals surface area contributed by atoms with Gasteiger partial charge in [-0.3, -0.25) is 4.90 Å². The van der Waals surface area contributed by atoms with Crippen LogP contribution in [0.5, 0.6) is 0 Å². The van der Waals surface area contributed by atoms with Gasteiger partial charge in [-0.25, -0.2) is 0 Å². The standard InChI is InChI=1S/C11H17F3N2O/c12-11(13,14)8-1-3-16(4-2-8)7-9-5-10(17)6-15-9/h1,9-10,15,17H,2-7H2. The maximum atomic E-state index is 12.4. The summed E-state index contributed by atoms with van der Waals surface area (Å²) in [5, 5.41) is 12.5. The second kappa shape index (κ2) is 4.96. The van der Waals surface area contributed by atoms with E-state index in [1.807, 2.05) is 4.90 Å². The number of alkyl halides is 3. The molecule has 2 heterocycles. The third-order valence-electron chi connectivity index (χ3n) is 3.33. The molecule has 0 aromatic rings. The molecule has 2 atom stereocenters. The summed E-state index contributed by atoms with van der Waals surface area (Å²) in [4.78, 5) is 1.99. The van der Waals surface area contributed by atoms with Gasteiger partial charge in [0.25, 0.3) is 0 Å². The van der Waals surface area contributed by atoms with Gasteiger partial charge < -0.3 is 10.4 Å². The first-order chi connectivity index (χ1) is 7.95. The van der Waals surface area contributed by atoms with Gasteiger partial charge in [0.05, 0.1) is 6.10 Å². The zero-order valence-corrected chi connectivity index (χ0v) is 9.50. The van der Waals surface area contributed by atoms with Crippen molar-refractivity contribution in [3.8, 4) is 0 Å². The molecule has 2 unspecified atom stereocenters. The van der Waals surface area contributed by atoms with E-state index in [1.165, 1.54) is 6.08 Å². The minimum atomic E-state index is -4.17. The third-order valence-corrected chi connectivity index (χ3v) is 3.33. The molecule has 3 nitrogen and oxygen atoms in total. The lowest BCUT2D eigenvalue weighted by Crippen LogP contribution is -2.40. The van der Waals surface area contributed by atoms with Crippen molar-refractivity contribution in [1.82, 2.24) is 10.2 Å². The van der Waals surface area contributed by atoms with E-state index < -0.39 is 11.7 Å². The molecule has 0 aromatic carbocycles. The third kappa shape index (κ3) is 3.43. The molecule has 0 aromatic heterocycles. The summed E-state index contributed by atoms with van der Waals surface area (Å²) in [6.07, 6.45) is -2.46. The Hall–Kier alpha value is -0.590. The fourth-order valence-electron chi connectivity index (χ4n) is 2.38. The minimum Gasteiger partial charge on any atom is -0.392 e. The van der Waals surface area contributed by atoms with Crippen LogP contribution in [-0.4, -0.2) is 54.5 Å². The summed E-state index contributed by atoms with van der Waals surface area (Å²) in [6, 6.07) is 0.200. The number of aliphatic hydroxyl groups is 1. The van der Waals surface area contributed by atoms with E-state index in [0.717, 1.165) is 0 Å². The second-order valence-corrected chi connectivity index (χ2v) is 4.73. The van der Waals surface area contributed by atoms with Crippen molar-refractivity contribution >= 4 is 0 Å². The lowest BCUT2D eigenvalue weighted by molar-refractivity contribution is -0.0960. The highest BCUT2D eigenvalue weighted by Crippen LogP contribution is 2.30. The first-order valence-electron chi connectivity index (χ1n) is 5.85. The predicted molar refractivity (Wildman–Crippen MR) is 57.6 cm³/mol. The van der Waals surface area contributed by atoms with Gasteiger partial charge in [-0.2, -0.15) is 13.2 Å². The van der Waals surface area contributed by atoms with Crippen molar-refractivity contribution in [3.05, 3.63) is 11.6 Å². The molecule has 0 amide bonds. The lowest BCUT2D eigenvalue weighted by atomic mass is 10.1. The first-order valence-corrected chi connectivity index (χ1v) is 5.85. The number of hydrogen-bond donors (Lipinski definition) is 2. The van der Waals surface area contributed by atoms with Gasteiger partial charge >= 0.3 is 6.18 Å². The van der Waals surface area contributed by atoms with Crippen molar-refractivity contribution in [2.24, 2.45) is 0 Å². The van der Waals surface area contributed by atoms with E-state index in [4.69, 9.17) is 0 Å². The van der Waals surface area contributed by atoms with Crippen molar-refractivity contribution in [1.29, 1.82) is 0 Å². The fourth-order valence-corrected chi connectivity index (χ4v) is 2.38. The molecule has 0 spiro atoms. The largest absolute Gasteiger partial charge is 0.412 e. The van der Waals surface area contributed by atoms with Crippen LogP contribution in [-0.2, 0) is 0 Å². The van der Waals surface area contributed by atoms with E-state index in [1.54, 1.807) is 0 Å². The number of β-amino-alcohol motifs (C(OH)–C–C–N with tert-alkyl or cyclic N) is 1. The number of aliphatic hydroxyl groups excluding tert-OH is 1. The lowest BCUT2D eigenvalue weighted by Gasteiger charge is -2.29. The highest BCUT2D eigenvalue weighted by Gasteiger charge is 2.35. The van der Waals surface area contributed by atoms with E-state index in [0.29, 0.717) is 32.6 Å². The van der Waals surface area contributed by atoms with Crippen LogP contribution >= 0.6 is 0 Å². The maximum Gasteiger partial charge on any atom is 0.412 e. The Morgan fingerprint density at radius 2 is 2.24 bits per heavy atom. The Balaban J connectivity index is 1.81. The SMILES string of the molecule is OC1CNC(CN2CC=C(C(F)(F)F)CC2)C1. The van der Waals surface area contributed by atoms with Gasteiger partial charge in [0.1, 0.15) is 0 Å². The molecular weight excluding hydrogens is 233 g/mol. The first kappa shape index (κ1) is 12.9. The Bertz CT molecular complexity index is 304. The molecule has 1 fully saturated rings. The normalized spacial score (nSPS) is 31.6. The van der Waals surface area contributed by atoms with Gasteiger partial charge in [-0.05, 0) is 12.8 Å². The predicted octanol–water partition coefficient (Wildman–Crippen LogP) is 0.904. The topological polar surface area (TPSA) is 35.5 Å². The molecule has 6 heteroatoms. The van der Waals surface area contributed by atoms with E-state index in [2.05, 4.69) is 5.32 Å². The monoisotopic (exact) mass is 250 g/mol. The number of nitrogens with zero attached hydrogens (tertiary/aromatic N) is 1. The average molecular weight is 250 g/mol. The van der Waals surface area contributed by atoms with Crippen LogP contribution < -0.4 is 5.32 Å². The zero-order valence-electron chi connectivity index (χ0n) is 9.50. The van der Waals surface area contributed by atoms with Crippen LogP contribution in [0.3, 0.4) is 0 Å². The van der Waals surface area contributed by atoms with E-state index in [9.17, 15) is 18.3 Å². The summed E-state index contributed by atoms with van der Waals surface area (Å²) in [6.45, 7) is 2.09. The van der Waals surface area contributed by atoms with Crippen LogP contribution in [0.1, 0.15) is 12.8 Å². The molecule has 2 rings (SSSR count). The van der Waals surface area contributed by atoms with Crippen LogP contribution in [0.25, 0.3) is 0 Å².